The van der Waals surface area contributed by atoms with Gasteiger partial charge in [0.25, 0.3) is 0 Å². The molecular formula is C25H32N4O3. The molecule has 32 heavy (non-hydrogen) atoms. The first-order valence-corrected chi connectivity index (χ1v) is 11.0. The van der Waals surface area contributed by atoms with Crippen LogP contribution in [0.2, 0.25) is 0 Å². The molecule has 0 radical (unpaired) electrons. The molecule has 170 valence electrons. The monoisotopic (exact) mass is 436 g/mol. The molecule has 0 aromatic heterocycles. The third-order valence-corrected chi connectivity index (χ3v) is 5.82. The van der Waals surface area contributed by atoms with Crippen LogP contribution in [0.4, 0.5) is 0 Å². The summed E-state index contributed by atoms with van der Waals surface area (Å²) in [5.41, 5.74) is 2.78. The lowest BCUT2D eigenvalue weighted by atomic mass is 10.1. The lowest BCUT2D eigenvalue weighted by Crippen LogP contribution is -2.40. The zero-order valence-corrected chi connectivity index (χ0v) is 19.1. The fraction of sp³-hybridized carbons (Fsp3) is 0.440. The van der Waals surface area contributed by atoms with E-state index >= 15 is 0 Å². The number of carbonyl (C=O) groups excluding carboxylic acids is 1. The molecule has 1 atom stereocenters. The second-order valence-corrected chi connectivity index (χ2v) is 8.11. The van der Waals surface area contributed by atoms with Crippen LogP contribution in [-0.4, -0.2) is 62.7 Å². The molecule has 2 aromatic rings. The van der Waals surface area contributed by atoms with Gasteiger partial charge in [0.2, 0.25) is 5.91 Å². The molecule has 3 rings (SSSR count). The van der Waals surface area contributed by atoms with Gasteiger partial charge >= 0.3 is 0 Å². The molecule has 1 saturated heterocycles. The quantitative estimate of drug-likeness (QED) is 0.686. The Morgan fingerprint density at radius 3 is 2.47 bits per heavy atom. The second kappa shape index (κ2) is 11.5. The van der Waals surface area contributed by atoms with Crippen molar-refractivity contribution >= 4 is 5.91 Å². The second-order valence-electron chi connectivity index (χ2n) is 8.11. The molecule has 1 aliphatic rings. The molecule has 0 spiro atoms. The lowest BCUT2D eigenvalue weighted by Gasteiger charge is -2.23. The summed E-state index contributed by atoms with van der Waals surface area (Å²) in [6.45, 7) is 6.84. The van der Waals surface area contributed by atoms with Crippen LogP contribution in [0.15, 0.2) is 42.5 Å². The summed E-state index contributed by atoms with van der Waals surface area (Å²) in [4.78, 5) is 17.3. The SMILES string of the molecule is COc1ccc(OC)c(C(C)NC(=O)CN2CCCN(Cc3ccc(C#N)cc3)CC2)c1. The van der Waals surface area contributed by atoms with Crippen molar-refractivity contribution in [3.8, 4) is 17.6 Å². The van der Waals surface area contributed by atoms with Gasteiger partial charge in [-0.2, -0.15) is 5.26 Å². The zero-order chi connectivity index (χ0) is 22.9. The number of nitriles is 1. The molecule has 1 N–H and O–H groups in total. The van der Waals surface area contributed by atoms with Crippen LogP contribution in [0.3, 0.4) is 0 Å². The van der Waals surface area contributed by atoms with E-state index in [2.05, 4.69) is 21.2 Å². The first kappa shape index (κ1) is 23.6. The summed E-state index contributed by atoms with van der Waals surface area (Å²) < 4.78 is 10.8. The molecule has 7 heteroatoms. The molecule has 1 aliphatic heterocycles. The number of hydrogen-bond acceptors (Lipinski definition) is 6. The predicted molar refractivity (Wildman–Crippen MR) is 124 cm³/mol. The number of amides is 1. The molecule has 0 aliphatic carbocycles. The third-order valence-electron chi connectivity index (χ3n) is 5.82. The zero-order valence-electron chi connectivity index (χ0n) is 19.1. The van der Waals surface area contributed by atoms with Crippen molar-refractivity contribution < 1.29 is 14.3 Å². The van der Waals surface area contributed by atoms with Gasteiger partial charge < -0.3 is 14.8 Å². The number of methoxy groups -OCH3 is 2. The number of rotatable bonds is 8. The van der Waals surface area contributed by atoms with Gasteiger partial charge in [-0.25, -0.2) is 0 Å². The van der Waals surface area contributed by atoms with E-state index in [0.29, 0.717) is 12.1 Å². The first-order chi connectivity index (χ1) is 15.5. The third kappa shape index (κ3) is 6.46. The van der Waals surface area contributed by atoms with Crippen molar-refractivity contribution in [1.82, 2.24) is 15.1 Å². The minimum atomic E-state index is -0.188. The molecule has 7 nitrogen and oxygen atoms in total. The smallest absolute Gasteiger partial charge is 0.234 e. The van der Waals surface area contributed by atoms with E-state index in [1.807, 2.05) is 49.4 Å². The summed E-state index contributed by atoms with van der Waals surface area (Å²) in [5.74, 6) is 1.46. The minimum Gasteiger partial charge on any atom is -0.497 e. The predicted octanol–water partition coefficient (Wildman–Crippen LogP) is 2.96. The van der Waals surface area contributed by atoms with E-state index < -0.39 is 0 Å². The van der Waals surface area contributed by atoms with Crippen LogP contribution in [-0.2, 0) is 11.3 Å². The maximum atomic E-state index is 12.7. The highest BCUT2D eigenvalue weighted by Crippen LogP contribution is 2.29. The largest absolute Gasteiger partial charge is 0.497 e. The van der Waals surface area contributed by atoms with E-state index in [4.69, 9.17) is 14.7 Å². The van der Waals surface area contributed by atoms with Gasteiger partial charge in [0.1, 0.15) is 11.5 Å². The van der Waals surface area contributed by atoms with E-state index in [0.717, 1.165) is 56.2 Å². The number of nitrogens with one attached hydrogen (secondary N) is 1. The Kier molecular flexibility index (Phi) is 8.48. The highest BCUT2D eigenvalue weighted by molar-refractivity contribution is 5.78. The molecule has 0 saturated carbocycles. The molecule has 1 unspecified atom stereocenters. The Bertz CT molecular complexity index is 939. The summed E-state index contributed by atoms with van der Waals surface area (Å²) in [5, 5.41) is 12.0. The van der Waals surface area contributed by atoms with Gasteiger partial charge in [0.15, 0.2) is 0 Å². The van der Waals surface area contributed by atoms with Gasteiger partial charge in [-0.05, 0) is 62.3 Å². The Balaban J connectivity index is 1.51. The lowest BCUT2D eigenvalue weighted by molar-refractivity contribution is -0.122. The van der Waals surface area contributed by atoms with Crippen LogP contribution >= 0.6 is 0 Å². The van der Waals surface area contributed by atoms with Crippen LogP contribution in [0.25, 0.3) is 0 Å². The van der Waals surface area contributed by atoms with Gasteiger partial charge in [-0.3, -0.25) is 14.6 Å². The van der Waals surface area contributed by atoms with Crippen molar-refractivity contribution in [3.05, 3.63) is 59.2 Å². The highest BCUT2D eigenvalue weighted by Gasteiger charge is 2.20. The van der Waals surface area contributed by atoms with Crippen molar-refractivity contribution in [1.29, 1.82) is 5.26 Å². The van der Waals surface area contributed by atoms with E-state index in [1.54, 1.807) is 14.2 Å². The Hall–Kier alpha value is -3.08. The molecule has 1 amide bonds. The van der Waals surface area contributed by atoms with E-state index in [1.165, 1.54) is 5.56 Å². The van der Waals surface area contributed by atoms with Gasteiger partial charge in [-0.1, -0.05) is 12.1 Å². The summed E-state index contributed by atoms with van der Waals surface area (Å²) in [7, 11) is 3.25. The maximum Gasteiger partial charge on any atom is 0.234 e. The van der Waals surface area contributed by atoms with Crippen LogP contribution < -0.4 is 14.8 Å². The number of hydrogen-bond donors (Lipinski definition) is 1. The summed E-state index contributed by atoms with van der Waals surface area (Å²) in [6, 6.07) is 15.3. The normalized spacial score (nSPS) is 15.9. The first-order valence-electron chi connectivity index (χ1n) is 11.0. The summed E-state index contributed by atoms with van der Waals surface area (Å²) in [6.07, 6.45) is 1.02. The maximum absolute atomic E-state index is 12.7. The van der Waals surface area contributed by atoms with Gasteiger partial charge in [-0.15, -0.1) is 0 Å². The van der Waals surface area contributed by atoms with Crippen molar-refractivity contribution in [2.45, 2.75) is 25.9 Å². The fourth-order valence-corrected chi connectivity index (χ4v) is 4.03. The van der Waals surface area contributed by atoms with Crippen LogP contribution in [0.5, 0.6) is 11.5 Å². The highest BCUT2D eigenvalue weighted by atomic mass is 16.5. The van der Waals surface area contributed by atoms with Crippen molar-refractivity contribution in [2.75, 3.05) is 46.9 Å². The number of benzene rings is 2. The van der Waals surface area contributed by atoms with Crippen molar-refractivity contribution in [2.24, 2.45) is 0 Å². The average molecular weight is 437 g/mol. The molecule has 1 heterocycles. The Morgan fingerprint density at radius 2 is 1.78 bits per heavy atom. The Morgan fingerprint density at radius 1 is 1.06 bits per heavy atom. The van der Waals surface area contributed by atoms with Gasteiger partial charge in [0, 0.05) is 25.2 Å². The molecule has 2 aromatic carbocycles. The number of nitrogens with zero attached hydrogens (tertiary/aromatic N) is 3. The standard InChI is InChI=1S/C25H32N4O3/c1-19(23-15-22(31-2)9-10-24(23)32-3)27-25(30)18-29-12-4-11-28(13-14-29)17-21-7-5-20(16-26)6-8-21/h5-10,15,19H,4,11-14,17-18H2,1-3H3,(H,27,30). The van der Waals surface area contributed by atoms with E-state index in [9.17, 15) is 4.79 Å². The average Bonchev–Trinajstić information content (AvgIpc) is 3.03. The molecule has 1 fully saturated rings. The van der Waals surface area contributed by atoms with Crippen LogP contribution in [0, 0.1) is 11.3 Å². The number of ether oxygens (including phenoxy) is 2. The topological polar surface area (TPSA) is 77.8 Å². The molecule has 0 bridgehead atoms. The van der Waals surface area contributed by atoms with Gasteiger partial charge in [0.05, 0.1) is 38.4 Å². The van der Waals surface area contributed by atoms with E-state index in [-0.39, 0.29) is 11.9 Å². The fourth-order valence-electron chi connectivity index (χ4n) is 4.03. The summed E-state index contributed by atoms with van der Waals surface area (Å²) >= 11 is 0. The Labute approximate surface area is 190 Å². The number of carbonyl (C=O) groups is 1. The molecular weight excluding hydrogens is 404 g/mol. The minimum absolute atomic E-state index is 0.00270. The van der Waals surface area contributed by atoms with Crippen molar-refractivity contribution in [3.63, 3.8) is 0 Å². The van der Waals surface area contributed by atoms with Crippen LogP contribution in [0.1, 0.15) is 36.1 Å².